The zero-order valence-corrected chi connectivity index (χ0v) is 57.2. The fourth-order valence-electron chi connectivity index (χ4n) is 15.0. The summed E-state index contributed by atoms with van der Waals surface area (Å²) in [6.07, 6.45) is 3.39. The van der Waals surface area contributed by atoms with Crippen LogP contribution in [0.5, 0.6) is 0 Å². The summed E-state index contributed by atoms with van der Waals surface area (Å²) in [6.45, 7) is 8.56. The molecule has 18 rings (SSSR count). The van der Waals surface area contributed by atoms with Gasteiger partial charge >= 0.3 is 0 Å². The lowest BCUT2D eigenvalue weighted by molar-refractivity contribution is 0.103. The Morgan fingerprint density at radius 3 is 1.29 bits per heavy atom. The summed E-state index contributed by atoms with van der Waals surface area (Å²) in [5, 5.41) is 43.9. The fraction of sp³-hybridized carbons (Fsp3) is 0.0732. The molecule has 98 heavy (non-hydrogen) atoms. The predicted octanol–water partition coefficient (Wildman–Crippen LogP) is 20.6. The molecule has 0 amide bonds. The number of aromatic nitrogens is 4. The summed E-state index contributed by atoms with van der Waals surface area (Å²) in [5.41, 5.74) is 18.9. The summed E-state index contributed by atoms with van der Waals surface area (Å²) in [5.74, 6) is -0.501. The molecule has 4 aliphatic carbocycles. The van der Waals surface area contributed by atoms with Crippen LogP contribution in [-0.2, 0) is 10.8 Å². The van der Waals surface area contributed by atoms with Gasteiger partial charge in [0.2, 0.25) is 0 Å². The number of thiazole rings is 4. The van der Waals surface area contributed by atoms with Gasteiger partial charge in [-0.25, -0.2) is 19.9 Å². The van der Waals surface area contributed by atoms with Crippen LogP contribution in [0.3, 0.4) is 0 Å². The molecule has 0 saturated carbocycles. The number of nitriles is 4. The molecule has 0 radical (unpaired) electrons. The highest BCUT2D eigenvalue weighted by Crippen LogP contribution is 2.67. The van der Waals surface area contributed by atoms with Crippen LogP contribution in [0.15, 0.2) is 204 Å². The van der Waals surface area contributed by atoms with Crippen molar-refractivity contribution in [2.45, 2.75) is 38.5 Å². The van der Waals surface area contributed by atoms with E-state index in [1.165, 1.54) is 105 Å². The van der Waals surface area contributed by atoms with Gasteiger partial charge in [0.05, 0.1) is 15.7 Å². The third kappa shape index (κ3) is 8.54. The SMILES string of the molecule is Cc1ccc(C2(c3ccc(C)cc3)c3cc4c(cc3-c3sc(-c5nc6sc(/C=C7\C(=O)c8ccccc8C7=C(C#N)C#N)nc6s5)cc32)C(c2ccc(C)cc2)(c2ccc(C)cc2)c2c-4sc3cc(-c4nc5sc(/C=C6\C(=O)c7ccccc7C6=C(C#N)C#N)nc5s4)ccc23)cc1. The molecule has 16 heteroatoms. The van der Waals surface area contributed by atoms with Gasteiger partial charge in [-0.2, -0.15) is 21.0 Å². The number of nitrogens with zero attached hydrogens (tertiary/aromatic N) is 8. The van der Waals surface area contributed by atoms with E-state index in [0.717, 1.165) is 77.7 Å². The van der Waals surface area contributed by atoms with Gasteiger partial charge < -0.3 is 0 Å². The van der Waals surface area contributed by atoms with E-state index in [0.29, 0.717) is 43.4 Å². The van der Waals surface area contributed by atoms with E-state index in [9.17, 15) is 30.6 Å². The Morgan fingerprint density at radius 1 is 0.398 bits per heavy atom. The van der Waals surface area contributed by atoms with Gasteiger partial charge in [0.1, 0.15) is 55.5 Å². The zero-order chi connectivity index (χ0) is 66.6. The number of aryl methyl sites for hydroxylation is 4. The Hall–Kier alpha value is -11.3. The van der Waals surface area contributed by atoms with Crippen LogP contribution in [0.1, 0.15) is 109 Å². The lowest BCUT2D eigenvalue weighted by atomic mass is 9.65. The number of hydrogen-bond donors (Lipinski definition) is 0. The minimum Gasteiger partial charge on any atom is -0.289 e. The van der Waals surface area contributed by atoms with Crippen molar-refractivity contribution in [1.82, 2.24) is 19.9 Å². The number of benzene rings is 8. The van der Waals surface area contributed by atoms with Crippen LogP contribution in [0.4, 0.5) is 0 Å². The number of carbonyl (C=O) groups is 2. The molecule has 14 aromatic rings. The minimum absolute atomic E-state index is 0.120. The molecule has 0 fully saturated rings. The maximum atomic E-state index is 13.9. The molecule has 0 atom stereocenters. The van der Waals surface area contributed by atoms with E-state index in [1.54, 1.807) is 72.0 Å². The summed E-state index contributed by atoms with van der Waals surface area (Å²) >= 11 is 9.36. The highest BCUT2D eigenvalue weighted by molar-refractivity contribution is 7.30. The molecular weight excluding hydrogens is 1320 g/mol. The monoisotopic (exact) mass is 1360 g/mol. The Kier molecular flexibility index (Phi) is 13.4. The number of allylic oxidation sites excluding steroid dienone is 6. The normalized spacial score (nSPS) is 15.1. The van der Waals surface area contributed by atoms with Crippen molar-refractivity contribution in [3.63, 3.8) is 0 Å². The van der Waals surface area contributed by atoms with Crippen LogP contribution in [0.2, 0.25) is 0 Å². The second kappa shape index (κ2) is 22.1. The summed E-state index contributed by atoms with van der Waals surface area (Å²) < 4.78 is 1.13. The van der Waals surface area contributed by atoms with Crippen molar-refractivity contribution in [1.29, 1.82) is 21.0 Å². The number of Topliss-reactive ketones (excluding diaryl/α,β-unsaturated/α-hetero) is 2. The van der Waals surface area contributed by atoms with Gasteiger partial charge in [-0.1, -0.05) is 225 Å². The van der Waals surface area contributed by atoms with Crippen LogP contribution >= 0.6 is 68.0 Å². The first kappa shape index (κ1) is 59.2. The highest BCUT2D eigenvalue weighted by atomic mass is 32.1. The average Bonchev–Trinajstić information content (AvgIpc) is 1.49. The van der Waals surface area contributed by atoms with Crippen molar-refractivity contribution in [2.24, 2.45) is 0 Å². The third-order valence-electron chi connectivity index (χ3n) is 19.4. The third-order valence-corrected chi connectivity index (χ3v) is 26.0. The standard InChI is InChI=1S/C82H44N8O2S6/c1-41-13-22-48(23-14-41)81(49-24-15-42(2)16-25-49)61-33-58-62(32-57(61)73-63(81)36-65(94-73)76-90-80-78(98-76)88-67(96-80)35-60-69(47(39-85)40-86)53-10-6-8-12-55(53)72(60)92)82(50-26-17-43(3)18-27-50,51-28-19-44(4)20-29-51)70-56-30-21-45(31-64(56)93-74(58)70)75-89-79-77(97-75)87-66(95-79)34-59-68(46(37-83)38-84)52-9-5-7-11-54(52)71(59)91/h5-36H,1-4H3/b59-34-,60-35-. The second-order valence-corrected chi connectivity index (χ2v) is 31.0. The first-order valence-corrected chi connectivity index (χ1v) is 36.3. The lowest BCUT2D eigenvalue weighted by Crippen LogP contribution is -2.30. The van der Waals surface area contributed by atoms with Crippen molar-refractivity contribution in [3.05, 3.63) is 303 Å². The van der Waals surface area contributed by atoms with E-state index < -0.39 is 10.8 Å². The van der Waals surface area contributed by atoms with Gasteiger partial charge in [-0.15, -0.1) is 22.7 Å². The van der Waals surface area contributed by atoms with E-state index >= 15 is 0 Å². The van der Waals surface area contributed by atoms with E-state index in [2.05, 4.69) is 161 Å². The molecule has 0 bridgehead atoms. The van der Waals surface area contributed by atoms with E-state index in [-0.39, 0.29) is 33.9 Å². The Bertz CT molecular complexity index is 6060. The maximum absolute atomic E-state index is 13.9. The molecule has 6 aromatic heterocycles. The molecule has 6 heterocycles. The number of hydrogen-bond acceptors (Lipinski definition) is 16. The summed E-state index contributed by atoms with van der Waals surface area (Å²) in [4.78, 5) is 54.6. The molecule has 0 unspecified atom stereocenters. The van der Waals surface area contributed by atoms with Gasteiger partial charge in [0, 0.05) is 53.4 Å². The minimum atomic E-state index is -0.776. The molecule has 0 aliphatic heterocycles. The highest BCUT2D eigenvalue weighted by Gasteiger charge is 2.54. The molecule has 0 N–H and O–H groups in total. The fourth-order valence-corrected chi connectivity index (χ4v) is 21.6. The van der Waals surface area contributed by atoms with E-state index in [4.69, 9.17) is 19.9 Å². The second-order valence-electron chi connectivity index (χ2n) is 25.0. The van der Waals surface area contributed by atoms with Gasteiger partial charge in [-0.3, -0.25) is 9.59 Å². The van der Waals surface area contributed by atoms with Gasteiger partial charge in [0.25, 0.3) is 0 Å². The molecule has 4 aliphatic rings. The Labute approximate surface area is 585 Å². The van der Waals surface area contributed by atoms with E-state index in [1.807, 2.05) is 35.6 Å². The van der Waals surface area contributed by atoms with Crippen LogP contribution in [0, 0.1) is 73.0 Å². The molecule has 10 nitrogen and oxygen atoms in total. The van der Waals surface area contributed by atoms with Gasteiger partial charge in [-0.05, 0) is 136 Å². The first-order valence-electron chi connectivity index (χ1n) is 31.4. The van der Waals surface area contributed by atoms with Gasteiger partial charge in [0.15, 0.2) is 30.9 Å². The first-order chi connectivity index (χ1) is 47.8. The Morgan fingerprint density at radius 2 is 0.816 bits per heavy atom. The smallest absolute Gasteiger partial charge is 0.194 e. The van der Waals surface area contributed by atoms with Crippen molar-refractivity contribution in [2.75, 3.05) is 0 Å². The number of fused-ring (bicyclic) bond motifs is 12. The predicted molar refractivity (Wildman–Crippen MR) is 396 cm³/mol. The number of thiophene rings is 2. The molecule has 8 aromatic carbocycles. The van der Waals surface area contributed by atoms with Crippen molar-refractivity contribution in [3.8, 4) is 65.6 Å². The number of ketones is 2. The lowest BCUT2D eigenvalue weighted by Gasteiger charge is -2.36. The van der Waals surface area contributed by atoms with Crippen LogP contribution in [0.25, 0.3) is 94.0 Å². The maximum Gasteiger partial charge on any atom is 0.194 e. The number of rotatable bonds is 8. The van der Waals surface area contributed by atoms with Crippen LogP contribution < -0.4 is 0 Å². The largest absolute Gasteiger partial charge is 0.289 e. The zero-order valence-electron chi connectivity index (χ0n) is 52.3. The summed E-state index contributed by atoms with van der Waals surface area (Å²) in [6, 6.07) is 72.8. The molecule has 0 saturated heterocycles. The topological polar surface area (TPSA) is 181 Å². The summed E-state index contributed by atoms with van der Waals surface area (Å²) in [7, 11) is 0. The van der Waals surface area contributed by atoms with Crippen molar-refractivity contribution >= 4 is 132 Å². The van der Waals surface area contributed by atoms with Crippen LogP contribution in [-0.4, -0.2) is 31.5 Å². The van der Waals surface area contributed by atoms with Crippen molar-refractivity contribution < 1.29 is 9.59 Å². The Balaban J connectivity index is 0.814. The number of carbonyl (C=O) groups excluding carboxylic acids is 2. The molecule has 460 valence electrons. The molecule has 0 spiro atoms. The average molecular weight is 1370 g/mol. The molecular formula is C82H44N8O2S6. The quantitative estimate of drug-likeness (QED) is 0.105.